The van der Waals surface area contributed by atoms with Crippen LogP contribution in [0, 0.1) is 20.8 Å². The Morgan fingerprint density at radius 1 is 1.24 bits per heavy atom. The maximum atomic E-state index is 3.58. The molecule has 0 aromatic heterocycles. The van der Waals surface area contributed by atoms with Crippen LogP contribution in [0.3, 0.4) is 0 Å². The minimum atomic E-state index is 0.682. The van der Waals surface area contributed by atoms with Gasteiger partial charge in [-0.2, -0.15) is 0 Å². The Labute approximate surface area is 105 Å². The molecule has 1 aromatic rings. The van der Waals surface area contributed by atoms with Crippen LogP contribution in [0.15, 0.2) is 12.1 Å². The van der Waals surface area contributed by atoms with Crippen LogP contribution < -0.4 is 10.6 Å². The van der Waals surface area contributed by atoms with Crippen LogP contribution in [-0.2, 0) is 6.54 Å². The van der Waals surface area contributed by atoms with E-state index in [4.69, 9.17) is 0 Å². The Morgan fingerprint density at radius 3 is 2.53 bits per heavy atom. The van der Waals surface area contributed by atoms with Gasteiger partial charge in [0.1, 0.15) is 0 Å². The molecule has 0 saturated carbocycles. The normalized spacial score (nSPS) is 19.8. The number of hydrogen-bond acceptors (Lipinski definition) is 2. The second kappa shape index (κ2) is 5.65. The first-order valence-electron chi connectivity index (χ1n) is 6.67. The van der Waals surface area contributed by atoms with Crippen LogP contribution in [0.2, 0.25) is 0 Å². The zero-order valence-electron chi connectivity index (χ0n) is 11.3. The van der Waals surface area contributed by atoms with Gasteiger partial charge in [-0.3, -0.25) is 0 Å². The Balaban J connectivity index is 1.89. The van der Waals surface area contributed by atoms with Crippen molar-refractivity contribution in [2.75, 3.05) is 13.1 Å². The van der Waals surface area contributed by atoms with Gasteiger partial charge in [-0.15, -0.1) is 0 Å². The molecule has 17 heavy (non-hydrogen) atoms. The maximum absolute atomic E-state index is 3.58. The van der Waals surface area contributed by atoms with Gasteiger partial charge >= 0.3 is 0 Å². The average Bonchev–Trinajstić information content (AvgIpc) is 2.74. The molecule has 1 saturated heterocycles. The molecular formula is C15H24N2. The second-order valence-corrected chi connectivity index (χ2v) is 5.30. The molecule has 0 amide bonds. The summed E-state index contributed by atoms with van der Waals surface area (Å²) in [6.07, 6.45) is 2.65. The average molecular weight is 232 g/mol. The number of benzene rings is 1. The van der Waals surface area contributed by atoms with E-state index in [9.17, 15) is 0 Å². The van der Waals surface area contributed by atoms with E-state index in [1.54, 1.807) is 0 Å². The molecule has 1 aromatic carbocycles. The molecule has 94 valence electrons. The second-order valence-electron chi connectivity index (χ2n) is 5.30. The summed E-state index contributed by atoms with van der Waals surface area (Å²) in [7, 11) is 0. The molecule has 1 aliphatic heterocycles. The summed E-state index contributed by atoms with van der Waals surface area (Å²) in [5.41, 5.74) is 5.65. The topological polar surface area (TPSA) is 24.1 Å². The van der Waals surface area contributed by atoms with E-state index < -0.39 is 0 Å². The third-order valence-corrected chi connectivity index (χ3v) is 3.70. The molecule has 1 fully saturated rings. The highest BCUT2D eigenvalue weighted by Crippen LogP contribution is 2.16. The van der Waals surface area contributed by atoms with Crippen LogP contribution in [0.4, 0.5) is 0 Å². The van der Waals surface area contributed by atoms with Gasteiger partial charge in [-0.1, -0.05) is 17.7 Å². The van der Waals surface area contributed by atoms with E-state index in [1.165, 1.54) is 41.6 Å². The molecular weight excluding hydrogens is 208 g/mol. The summed E-state index contributed by atoms with van der Waals surface area (Å²) < 4.78 is 0. The monoisotopic (exact) mass is 232 g/mol. The zero-order valence-corrected chi connectivity index (χ0v) is 11.3. The number of hydrogen-bond donors (Lipinski definition) is 2. The molecule has 0 spiro atoms. The first kappa shape index (κ1) is 12.6. The molecule has 2 heteroatoms. The Hall–Kier alpha value is -0.860. The first-order chi connectivity index (χ1) is 8.16. The fraction of sp³-hybridized carbons (Fsp3) is 0.600. The van der Waals surface area contributed by atoms with E-state index in [0.717, 1.165) is 13.1 Å². The summed E-state index contributed by atoms with van der Waals surface area (Å²) in [5.74, 6) is 0. The molecule has 0 radical (unpaired) electrons. The third-order valence-electron chi connectivity index (χ3n) is 3.70. The van der Waals surface area contributed by atoms with Gasteiger partial charge in [0.05, 0.1) is 0 Å². The lowest BCUT2D eigenvalue weighted by atomic mass is 10.00. The van der Waals surface area contributed by atoms with E-state index in [2.05, 4.69) is 43.5 Å². The van der Waals surface area contributed by atoms with Crippen molar-refractivity contribution in [1.29, 1.82) is 0 Å². The molecule has 1 heterocycles. The van der Waals surface area contributed by atoms with Crippen molar-refractivity contribution in [3.8, 4) is 0 Å². The Kier molecular flexibility index (Phi) is 4.19. The van der Waals surface area contributed by atoms with Crippen molar-refractivity contribution in [2.45, 2.75) is 46.2 Å². The zero-order chi connectivity index (χ0) is 12.3. The highest BCUT2D eigenvalue weighted by molar-refractivity contribution is 5.37. The van der Waals surface area contributed by atoms with Crippen LogP contribution in [0.5, 0.6) is 0 Å². The van der Waals surface area contributed by atoms with E-state index in [0.29, 0.717) is 6.04 Å². The summed E-state index contributed by atoms with van der Waals surface area (Å²) >= 11 is 0. The summed E-state index contributed by atoms with van der Waals surface area (Å²) in [5, 5.41) is 7.10. The van der Waals surface area contributed by atoms with Crippen LogP contribution >= 0.6 is 0 Å². The minimum Gasteiger partial charge on any atom is -0.313 e. The quantitative estimate of drug-likeness (QED) is 0.833. The Morgan fingerprint density at radius 2 is 1.94 bits per heavy atom. The molecule has 2 N–H and O–H groups in total. The van der Waals surface area contributed by atoms with Gasteiger partial charge in [-0.05, 0) is 56.8 Å². The van der Waals surface area contributed by atoms with Gasteiger partial charge in [-0.25, -0.2) is 0 Å². The van der Waals surface area contributed by atoms with E-state index in [1.807, 2.05) is 0 Å². The van der Waals surface area contributed by atoms with E-state index in [-0.39, 0.29) is 0 Å². The fourth-order valence-corrected chi connectivity index (χ4v) is 2.79. The molecule has 1 unspecified atom stereocenters. The predicted octanol–water partition coefficient (Wildman–Crippen LogP) is 2.45. The maximum Gasteiger partial charge on any atom is 0.0211 e. The van der Waals surface area contributed by atoms with Crippen LogP contribution in [-0.4, -0.2) is 19.1 Å². The van der Waals surface area contributed by atoms with Crippen molar-refractivity contribution in [1.82, 2.24) is 10.6 Å². The molecule has 0 aliphatic carbocycles. The smallest absolute Gasteiger partial charge is 0.0211 e. The highest BCUT2D eigenvalue weighted by Gasteiger charge is 2.13. The van der Waals surface area contributed by atoms with Crippen molar-refractivity contribution in [2.24, 2.45) is 0 Å². The first-order valence-corrected chi connectivity index (χ1v) is 6.67. The van der Waals surface area contributed by atoms with Crippen molar-refractivity contribution in [3.63, 3.8) is 0 Å². The minimum absolute atomic E-state index is 0.682. The molecule has 2 nitrogen and oxygen atoms in total. The largest absolute Gasteiger partial charge is 0.313 e. The van der Waals surface area contributed by atoms with Gasteiger partial charge in [0, 0.05) is 19.1 Å². The summed E-state index contributed by atoms with van der Waals surface area (Å²) in [4.78, 5) is 0. The summed E-state index contributed by atoms with van der Waals surface area (Å²) in [6, 6.07) is 5.23. The predicted molar refractivity (Wildman–Crippen MR) is 73.4 cm³/mol. The fourth-order valence-electron chi connectivity index (χ4n) is 2.79. The van der Waals surface area contributed by atoms with Crippen molar-refractivity contribution < 1.29 is 0 Å². The van der Waals surface area contributed by atoms with Crippen LogP contribution in [0.1, 0.15) is 35.1 Å². The van der Waals surface area contributed by atoms with Gasteiger partial charge < -0.3 is 10.6 Å². The lowest BCUT2D eigenvalue weighted by Gasteiger charge is -2.15. The van der Waals surface area contributed by atoms with Crippen molar-refractivity contribution >= 4 is 0 Å². The summed E-state index contributed by atoms with van der Waals surface area (Å²) in [6.45, 7) is 9.87. The third kappa shape index (κ3) is 3.30. The Bertz CT molecular complexity index is 356. The van der Waals surface area contributed by atoms with Crippen LogP contribution in [0.25, 0.3) is 0 Å². The van der Waals surface area contributed by atoms with E-state index >= 15 is 0 Å². The lowest BCUT2D eigenvalue weighted by Crippen LogP contribution is -2.33. The molecule has 1 atom stereocenters. The molecule has 2 rings (SSSR count). The molecule has 0 bridgehead atoms. The number of rotatable bonds is 4. The number of aryl methyl sites for hydroxylation is 3. The number of nitrogens with one attached hydrogen (secondary N) is 2. The van der Waals surface area contributed by atoms with Gasteiger partial charge in [0.2, 0.25) is 0 Å². The highest BCUT2D eigenvalue weighted by atomic mass is 15.0. The van der Waals surface area contributed by atoms with Gasteiger partial charge in [0.25, 0.3) is 0 Å². The SMILES string of the molecule is Cc1cc(C)c(CNCC2CCCN2)c(C)c1. The van der Waals surface area contributed by atoms with Crippen molar-refractivity contribution in [3.05, 3.63) is 34.4 Å². The standard InChI is InChI=1S/C15H24N2/c1-11-7-12(2)15(13(3)8-11)10-16-9-14-5-4-6-17-14/h7-8,14,16-17H,4-6,9-10H2,1-3H3. The lowest BCUT2D eigenvalue weighted by molar-refractivity contribution is 0.534. The van der Waals surface area contributed by atoms with Gasteiger partial charge in [0.15, 0.2) is 0 Å². The molecule has 1 aliphatic rings.